The van der Waals surface area contributed by atoms with Crippen LogP contribution in [0.3, 0.4) is 0 Å². The summed E-state index contributed by atoms with van der Waals surface area (Å²) in [6, 6.07) is 6.65. The number of allylic oxidation sites excluding steroid dienone is 1. The molecule has 0 fully saturated rings. The van der Waals surface area contributed by atoms with Crippen molar-refractivity contribution in [1.29, 1.82) is 0 Å². The summed E-state index contributed by atoms with van der Waals surface area (Å²) in [7, 11) is -5.42. The van der Waals surface area contributed by atoms with Crippen molar-refractivity contribution in [3.63, 3.8) is 0 Å². The van der Waals surface area contributed by atoms with Gasteiger partial charge in [-0.25, -0.2) is 13.1 Å². The highest BCUT2D eigenvalue weighted by molar-refractivity contribution is 7.89. The van der Waals surface area contributed by atoms with Crippen LogP contribution in [0.4, 0.5) is 5.69 Å². The summed E-state index contributed by atoms with van der Waals surface area (Å²) in [6.45, 7) is 6.63. The van der Waals surface area contributed by atoms with E-state index in [2.05, 4.69) is 25.5 Å². The third kappa shape index (κ3) is 7.85. The molecule has 31 heavy (non-hydrogen) atoms. The van der Waals surface area contributed by atoms with Crippen LogP contribution in [-0.2, 0) is 10.0 Å². The van der Waals surface area contributed by atoms with Crippen molar-refractivity contribution in [3.05, 3.63) is 36.4 Å². The Labute approximate surface area is 189 Å². The number of rotatable bonds is 13. The molecule has 0 amide bonds. The van der Waals surface area contributed by atoms with E-state index in [1.165, 1.54) is 0 Å². The van der Waals surface area contributed by atoms with Crippen LogP contribution in [0.1, 0.15) is 72.1 Å². The Kier molecular flexibility index (Phi) is 11.0. The average molecular weight is 469 g/mol. The predicted octanol–water partition coefficient (Wildman–Crippen LogP) is 6.28. The van der Waals surface area contributed by atoms with Gasteiger partial charge in [-0.05, 0) is 69.8 Å². The molecule has 0 bridgehead atoms. The minimum absolute atomic E-state index is 0.241. The molecule has 1 aliphatic rings. The molecule has 0 heterocycles. The molecule has 1 aromatic carbocycles. The van der Waals surface area contributed by atoms with Crippen LogP contribution in [0.25, 0.3) is 0 Å². The largest absolute Gasteiger partial charge is 0.387 e. The maximum atomic E-state index is 13.3. The maximum Gasteiger partial charge on any atom is 0.243 e. The predicted molar refractivity (Wildman–Crippen MR) is 133 cm³/mol. The molecule has 0 spiro atoms. The number of aliphatic hydroxyl groups is 1. The van der Waals surface area contributed by atoms with E-state index in [4.69, 9.17) is 4.74 Å². The molecule has 0 saturated heterocycles. The van der Waals surface area contributed by atoms with Gasteiger partial charge < -0.3 is 5.11 Å². The second-order valence-electron chi connectivity index (χ2n) is 8.62. The summed E-state index contributed by atoms with van der Waals surface area (Å²) in [5.74, 6) is 0. The first-order valence-corrected chi connectivity index (χ1v) is 15.7. The second kappa shape index (κ2) is 12.9. The minimum atomic E-state index is -3.78. The number of hydrogen-bond acceptors (Lipinski definition) is 4. The van der Waals surface area contributed by atoms with Gasteiger partial charge in [0, 0.05) is 0 Å². The molecule has 5 nitrogen and oxygen atoms in total. The second-order valence-corrected chi connectivity index (χ2v) is 14.0. The van der Waals surface area contributed by atoms with Gasteiger partial charge in [0.25, 0.3) is 0 Å². The van der Waals surface area contributed by atoms with Crippen LogP contribution >= 0.6 is 7.05 Å². The van der Waals surface area contributed by atoms with Gasteiger partial charge in [0.1, 0.15) is 4.90 Å². The monoisotopic (exact) mass is 468 g/mol. The van der Waals surface area contributed by atoms with Gasteiger partial charge in [-0.1, -0.05) is 64.3 Å². The van der Waals surface area contributed by atoms with Gasteiger partial charge in [-0.15, -0.1) is 0 Å². The molecule has 1 aromatic rings. The molecule has 7 heteroatoms. The molecular weight excluding hydrogens is 427 g/mol. The van der Waals surface area contributed by atoms with Crippen LogP contribution in [0.5, 0.6) is 0 Å². The number of sulfonamides is 1. The standard InChI is InChI=1S/C24H41N2O3PS/c1-4-7-18-30(19-8-5-2,20-9-6-3)25-22-15-11-13-17-24(22)31(28,29)26-21-14-10-12-16-23(21)27/h11-13,15-17,21,23,26-27H,4-10,14,18-20H2,1-3H3. The van der Waals surface area contributed by atoms with Crippen LogP contribution in [0.2, 0.25) is 0 Å². The maximum absolute atomic E-state index is 13.3. The number of hydrogen-bond donors (Lipinski definition) is 2. The lowest BCUT2D eigenvalue weighted by Crippen LogP contribution is -2.43. The Hall–Kier alpha value is -0.940. The lowest BCUT2D eigenvalue weighted by atomic mass is 10.0. The van der Waals surface area contributed by atoms with E-state index in [1.807, 2.05) is 18.2 Å². The van der Waals surface area contributed by atoms with Crippen molar-refractivity contribution in [2.24, 2.45) is 4.74 Å². The van der Waals surface area contributed by atoms with Crippen LogP contribution in [0.15, 0.2) is 46.1 Å². The fourth-order valence-electron chi connectivity index (χ4n) is 4.05. The number of benzene rings is 1. The quantitative estimate of drug-likeness (QED) is 0.264. The van der Waals surface area contributed by atoms with E-state index in [9.17, 15) is 13.5 Å². The molecule has 0 saturated carbocycles. The van der Waals surface area contributed by atoms with Crippen molar-refractivity contribution in [3.8, 4) is 0 Å². The van der Waals surface area contributed by atoms with Crippen LogP contribution in [0, 0.1) is 0 Å². The third-order valence-corrected chi connectivity index (χ3v) is 11.6. The van der Waals surface area contributed by atoms with Crippen LogP contribution in [-0.4, -0.2) is 44.2 Å². The first-order valence-electron chi connectivity index (χ1n) is 11.9. The summed E-state index contributed by atoms with van der Waals surface area (Å²) in [4.78, 5) is 0.241. The zero-order chi connectivity index (χ0) is 22.7. The number of nitrogens with one attached hydrogen (secondary N) is 1. The number of unbranched alkanes of at least 4 members (excludes halogenated alkanes) is 3. The molecule has 2 N–H and O–H groups in total. The van der Waals surface area contributed by atoms with E-state index in [-0.39, 0.29) is 4.90 Å². The molecule has 1 aliphatic carbocycles. The highest BCUT2D eigenvalue weighted by Crippen LogP contribution is 2.55. The van der Waals surface area contributed by atoms with Gasteiger partial charge in [-0.2, -0.15) is 0 Å². The fourth-order valence-corrected chi connectivity index (χ4v) is 9.86. The first kappa shape index (κ1) is 26.3. The molecule has 2 atom stereocenters. The smallest absolute Gasteiger partial charge is 0.243 e. The highest BCUT2D eigenvalue weighted by atomic mass is 32.2. The summed E-state index contributed by atoms with van der Waals surface area (Å²) >= 11 is 0. The van der Waals surface area contributed by atoms with Crippen molar-refractivity contribution in [2.45, 2.75) is 89.2 Å². The van der Waals surface area contributed by atoms with Gasteiger partial charge in [0.15, 0.2) is 0 Å². The third-order valence-electron chi connectivity index (χ3n) is 5.95. The van der Waals surface area contributed by atoms with Crippen molar-refractivity contribution in [2.75, 3.05) is 18.5 Å². The first-order chi connectivity index (χ1) is 14.9. The Morgan fingerprint density at radius 3 is 2.16 bits per heavy atom. The fraction of sp³-hybridized carbons (Fsp3) is 0.667. The van der Waals surface area contributed by atoms with E-state index in [1.54, 1.807) is 18.2 Å². The van der Waals surface area contributed by atoms with Crippen LogP contribution < -0.4 is 4.72 Å². The van der Waals surface area contributed by atoms with Gasteiger partial charge >= 0.3 is 0 Å². The van der Waals surface area contributed by atoms with E-state index in [0.29, 0.717) is 12.1 Å². The molecule has 2 rings (SSSR count). The zero-order valence-electron chi connectivity index (χ0n) is 19.5. The summed E-state index contributed by atoms with van der Waals surface area (Å²) in [5, 5.41) is 10.2. The molecule has 0 radical (unpaired) electrons. The molecule has 0 aromatic heterocycles. The Morgan fingerprint density at radius 1 is 1.03 bits per heavy atom. The van der Waals surface area contributed by atoms with Crippen molar-refractivity contribution in [1.82, 2.24) is 4.72 Å². The summed E-state index contributed by atoms with van der Waals surface area (Å²) in [6.07, 6.45) is 14.2. The Morgan fingerprint density at radius 2 is 1.61 bits per heavy atom. The van der Waals surface area contributed by atoms with E-state index >= 15 is 0 Å². The van der Waals surface area contributed by atoms with Crippen molar-refractivity contribution >= 4 is 22.8 Å². The minimum Gasteiger partial charge on any atom is -0.387 e. The lowest BCUT2D eigenvalue weighted by Gasteiger charge is -2.27. The van der Waals surface area contributed by atoms with Gasteiger partial charge in [0.2, 0.25) is 10.0 Å². The Balaban J connectivity index is 2.47. The zero-order valence-corrected chi connectivity index (χ0v) is 21.2. The van der Waals surface area contributed by atoms with Gasteiger partial charge in [-0.3, -0.25) is 4.74 Å². The Bertz CT molecular complexity index is 839. The lowest BCUT2D eigenvalue weighted by molar-refractivity contribution is 0.172. The summed E-state index contributed by atoms with van der Waals surface area (Å²) < 4.78 is 34.6. The summed E-state index contributed by atoms with van der Waals surface area (Å²) in [5.41, 5.74) is 0.590. The van der Waals surface area contributed by atoms with Gasteiger partial charge in [0.05, 0.1) is 17.8 Å². The number of nitrogens with zero attached hydrogens (tertiary/aromatic N) is 1. The highest BCUT2D eigenvalue weighted by Gasteiger charge is 2.28. The van der Waals surface area contributed by atoms with E-state index < -0.39 is 29.2 Å². The number of aliphatic hydroxyl groups excluding tert-OH is 1. The van der Waals surface area contributed by atoms with E-state index in [0.717, 1.165) is 63.4 Å². The molecule has 176 valence electrons. The molecule has 2 unspecified atom stereocenters. The van der Waals surface area contributed by atoms with Crippen molar-refractivity contribution < 1.29 is 13.5 Å². The molecule has 0 aliphatic heterocycles. The normalized spacial score (nSPS) is 19.5. The molecular formula is C24H41N2O3PS. The topological polar surface area (TPSA) is 78.8 Å². The average Bonchev–Trinajstić information content (AvgIpc) is 2.76. The SMILES string of the molecule is CCCCP(CCCC)(CCCC)=Nc1ccccc1S(=O)(=O)NC1CCC=CC1O.